The third-order valence-corrected chi connectivity index (χ3v) is 6.83. The van der Waals surface area contributed by atoms with Crippen LogP contribution in [0.25, 0.3) is 11.1 Å². The number of pyridine rings is 1. The molecule has 12 nitrogen and oxygen atoms in total. The summed E-state index contributed by atoms with van der Waals surface area (Å²) >= 11 is 2.32. The van der Waals surface area contributed by atoms with Gasteiger partial charge in [-0.15, -0.1) is 10.2 Å². The van der Waals surface area contributed by atoms with Gasteiger partial charge in [0.15, 0.2) is 10.3 Å². The average molecular weight is 528 g/mol. The van der Waals surface area contributed by atoms with Crippen molar-refractivity contribution >= 4 is 57.5 Å². The zero-order valence-electron chi connectivity index (χ0n) is 19.4. The van der Waals surface area contributed by atoms with E-state index in [0.29, 0.717) is 28.3 Å². The summed E-state index contributed by atoms with van der Waals surface area (Å²) in [5, 5.41) is 13.6. The Morgan fingerprint density at radius 2 is 1.36 bits per heavy atom. The summed E-state index contributed by atoms with van der Waals surface area (Å²) in [4.78, 5) is 53.9. The van der Waals surface area contributed by atoms with E-state index in [1.165, 1.54) is 7.11 Å². The Hall–Kier alpha value is -3.91. The fourth-order valence-corrected chi connectivity index (χ4v) is 4.81. The van der Waals surface area contributed by atoms with E-state index in [1.54, 1.807) is 38.1 Å². The maximum absolute atomic E-state index is 13.3. The number of carbonyl (C=O) groups is 4. The lowest BCUT2D eigenvalue weighted by Gasteiger charge is -2.18. The van der Waals surface area contributed by atoms with Gasteiger partial charge in [-0.1, -0.05) is 35.7 Å². The Morgan fingerprint density at radius 1 is 0.889 bits per heavy atom. The van der Waals surface area contributed by atoms with Gasteiger partial charge >= 0.3 is 0 Å². The fraction of sp³-hybridized carbons (Fsp3) is 0.227. The first kappa shape index (κ1) is 25.2. The number of amidine groups is 2. The Kier molecular flexibility index (Phi) is 7.55. The van der Waals surface area contributed by atoms with E-state index in [9.17, 15) is 19.2 Å². The molecule has 0 atom stereocenters. The first-order valence-corrected chi connectivity index (χ1v) is 12.5. The second-order valence-corrected chi connectivity index (χ2v) is 9.45. The normalized spacial score (nSPS) is 17.2. The summed E-state index contributed by atoms with van der Waals surface area (Å²) in [5.74, 6) is -0.628. The zero-order chi connectivity index (χ0) is 25.8. The second-order valence-electron chi connectivity index (χ2n) is 7.53. The molecule has 0 saturated carbocycles. The van der Waals surface area contributed by atoms with E-state index in [0.717, 1.165) is 23.5 Å². The smallest absolute Gasteiger partial charge is 0.273 e. The van der Waals surface area contributed by atoms with Crippen LogP contribution >= 0.6 is 23.5 Å². The van der Waals surface area contributed by atoms with Crippen LogP contribution in [-0.4, -0.2) is 57.6 Å². The number of benzene rings is 1. The third kappa shape index (κ3) is 5.49. The van der Waals surface area contributed by atoms with Crippen molar-refractivity contribution in [1.29, 1.82) is 0 Å². The number of ether oxygens (including phenoxy) is 1. The third-order valence-electron chi connectivity index (χ3n) is 5.08. The molecule has 0 spiro atoms. The number of rotatable bonds is 6. The maximum Gasteiger partial charge on any atom is 0.273 e. The van der Waals surface area contributed by atoms with Crippen molar-refractivity contribution < 1.29 is 23.9 Å². The molecule has 4 amide bonds. The molecule has 4 rings (SSSR count). The number of nitrogens with zero attached hydrogens (tertiary/aromatic N) is 3. The highest BCUT2D eigenvalue weighted by Gasteiger charge is 2.27. The highest BCUT2D eigenvalue weighted by Crippen LogP contribution is 2.32. The van der Waals surface area contributed by atoms with Crippen LogP contribution in [0, 0.1) is 13.8 Å². The van der Waals surface area contributed by atoms with Crippen LogP contribution in [0.1, 0.15) is 32.1 Å². The van der Waals surface area contributed by atoms with E-state index in [1.807, 2.05) is 0 Å². The fourth-order valence-electron chi connectivity index (χ4n) is 3.54. The highest BCUT2D eigenvalue weighted by molar-refractivity contribution is 8.15. The first-order chi connectivity index (χ1) is 17.3. The first-order valence-electron chi connectivity index (χ1n) is 10.5. The monoisotopic (exact) mass is 527 g/mol. The van der Waals surface area contributed by atoms with Crippen molar-refractivity contribution in [3.63, 3.8) is 0 Å². The number of amides is 4. The standard InChI is InChI=1S/C22H21N7O5S2/c1-10-16(19(32)26-28-21-24-14(30)8-35-21)18(12-4-6-13(34-3)7-5-12)17(11(2)23-10)20(33)27-29-22-25-15(31)9-36-22/h4-7H,8-9H2,1-3H3,(H,26,32)(H,27,33)(H,24,28,30)(H,25,29,31). The number of nitrogens with one attached hydrogen (secondary N) is 4. The minimum Gasteiger partial charge on any atom is -0.497 e. The molecular formula is C22H21N7O5S2. The lowest BCUT2D eigenvalue weighted by atomic mass is 9.91. The summed E-state index contributed by atoms with van der Waals surface area (Å²) in [6.07, 6.45) is 0. The van der Waals surface area contributed by atoms with Gasteiger partial charge in [0.05, 0.1) is 41.1 Å². The van der Waals surface area contributed by atoms with Gasteiger partial charge in [-0.25, -0.2) is 10.9 Å². The number of aryl methyl sites for hydroxylation is 2. The minimum atomic E-state index is -0.612. The van der Waals surface area contributed by atoms with Gasteiger partial charge in [-0.3, -0.25) is 24.2 Å². The summed E-state index contributed by atoms with van der Waals surface area (Å²) in [6, 6.07) is 6.86. The molecule has 1 aromatic heterocycles. The van der Waals surface area contributed by atoms with Crippen molar-refractivity contribution in [2.45, 2.75) is 13.8 Å². The maximum atomic E-state index is 13.3. The van der Waals surface area contributed by atoms with Crippen LogP contribution in [0.15, 0.2) is 34.5 Å². The van der Waals surface area contributed by atoms with Crippen molar-refractivity contribution in [2.75, 3.05) is 18.6 Å². The van der Waals surface area contributed by atoms with Crippen molar-refractivity contribution in [2.24, 2.45) is 10.2 Å². The lowest BCUT2D eigenvalue weighted by Crippen LogP contribution is -2.29. The van der Waals surface area contributed by atoms with E-state index in [2.05, 4.69) is 36.7 Å². The molecule has 0 aliphatic carbocycles. The lowest BCUT2D eigenvalue weighted by molar-refractivity contribution is -0.117. The van der Waals surface area contributed by atoms with Crippen LogP contribution in [0.2, 0.25) is 0 Å². The minimum absolute atomic E-state index is 0.130. The van der Waals surface area contributed by atoms with Gasteiger partial charge in [-0.05, 0) is 31.5 Å². The zero-order valence-corrected chi connectivity index (χ0v) is 21.1. The van der Waals surface area contributed by atoms with E-state index >= 15 is 0 Å². The van der Waals surface area contributed by atoms with Gasteiger partial charge in [0.25, 0.3) is 11.8 Å². The van der Waals surface area contributed by atoms with E-state index < -0.39 is 11.8 Å². The average Bonchev–Trinajstić information content (AvgIpc) is 3.48. The topological polar surface area (TPSA) is 163 Å². The van der Waals surface area contributed by atoms with Crippen LogP contribution in [-0.2, 0) is 9.59 Å². The number of hydrogen-bond donors (Lipinski definition) is 4. The van der Waals surface area contributed by atoms with Crippen LogP contribution in [0.3, 0.4) is 0 Å². The molecule has 3 heterocycles. The molecule has 0 radical (unpaired) electrons. The van der Waals surface area contributed by atoms with Gasteiger partial charge in [-0.2, -0.15) is 0 Å². The Labute approximate surface area is 214 Å². The molecule has 1 aromatic carbocycles. The molecule has 2 saturated heterocycles. The molecule has 4 N–H and O–H groups in total. The molecule has 2 aliphatic rings. The van der Waals surface area contributed by atoms with Crippen molar-refractivity contribution in [3.8, 4) is 16.9 Å². The number of carbonyl (C=O) groups excluding carboxylic acids is 4. The van der Waals surface area contributed by atoms with Gasteiger partial charge in [0.2, 0.25) is 11.8 Å². The summed E-state index contributed by atoms with van der Waals surface area (Å²) < 4.78 is 5.24. The van der Waals surface area contributed by atoms with Gasteiger partial charge < -0.3 is 15.4 Å². The summed E-state index contributed by atoms with van der Waals surface area (Å²) in [5.41, 5.74) is 6.78. The van der Waals surface area contributed by atoms with Crippen molar-refractivity contribution in [1.82, 2.24) is 26.5 Å². The number of thioether (sulfide) groups is 2. The van der Waals surface area contributed by atoms with Crippen molar-refractivity contribution in [3.05, 3.63) is 46.8 Å². The molecule has 2 aliphatic heterocycles. The molecule has 0 bridgehead atoms. The molecule has 186 valence electrons. The predicted molar refractivity (Wildman–Crippen MR) is 137 cm³/mol. The molecule has 2 fully saturated rings. The molecule has 2 aromatic rings. The van der Waals surface area contributed by atoms with E-state index in [4.69, 9.17) is 4.74 Å². The number of methoxy groups -OCH3 is 1. The van der Waals surface area contributed by atoms with Crippen LogP contribution in [0.4, 0.5) is 0 Å². The Bertz CT molecular complexity index is 1250. The van der Waals surface area contributed by atoms with Crippen LogP contribution < -0.4 is 26.2 Å². The van der Waals surface area contributed by atoms with Gasteiger partial charge in [0.1, 0.15) is 5.75 Å². The predicted octanol–water partition coefficient (Wildman–Crippen LogP) is 1.10. The molecule has 0 unspecified atom stereocenters. The van der Waals surface area contributed by atoms with Gasteiger partial charge in [0, 0.05) is 5.56 Å². The number of hydrogen-bond acceptors (Lipinski definition) is 10. The number of hydrazone groups is 2. The van der Waals surface area contributed by atoms with Crippen LogP contribution in [0.5, 0.6) is 5.75 Å². The highest BCUT2D eigenvalue weighted by atomic mass is 32.2. The second kappa shape index (κ2) is 10.8. The SMILES string of the molecule is COc1ccc(-c2c(C(=O)N/N=C3\NC(=O)CS3)c(C)nc(C)c2C(=O)N/N=C2\NC(=O)CS2)cc1. The quantitative estimate of drug-likeness (QED) is 0.406. The number of aromatic nitrogens is 1. The molecule has 14 heteroatoms. The Balaban J connectivity index is 1.77. The summed E-state index contributed by atoms with van der Waals surface area (Å²) in [7, 11) is 1.53. The summed E-state index contributed by atoms with van der Waals surface area (Å²) in [6.45, 7) is 3.31. The van der Waals surface area contributed by atoms with E-state index in [-0.39, 0.29) is 44.8 Å². The largest absolute Gasteiger partial charge is 0.497 e. The molecular weight excluding hydrogens is 506 g/mol. The Morgan fingerprint density at radius 3 is 1.75 bits per heavy atom. The molecule has 36 heavy (non-hydrogen) atoms.